The van der Waals surface area contributed by atoms with E-state index in [1.807, 2.05) is 0 Å². The van der Waals surface area contributed by atoms with Gasteiger partial charge < -0.3 is 4.74 Å². The summed E-state index contributed by atoms with van der Waals surface area (Å²) in [6, 6.07) is 2.49. The lowest BCUT2D eigenvalue weighted by Gasteiger charge is -2.07. The van der Waals surface area contributed by atoms with E-state index in [1.165, 1.54) is 6.07 Å². The Hall–Kier alpha value is -1.74. The van der Waals surface area contributed by atoms with Gasteiger partial charge in [-0.15, -0.1) is 0 Å². The van der Waals surface area contributed by atoms with Gasteiger partial charge in [0.1, 0.15) is 16.9 Å². The number of rotatable bonds is 3. The monoisotopic (exact) mass is 260 g/mol. The van der Waals surface area contributed by atoms with Gasteiger partial charge in [-0.1, -0.05) is 11.6 Å². The van der Waals surface area contributed by atoms with E-state index in [-0.39, 0.29) is 12.2 Å². The molecule has 17 heavy (non-hydrogen) atoms. The van der Waals surface area contributed by atoms with Gasteiger partial charge in [-0.3, -0.25) is 0 Å². The first-order chi connectivity index (χ1) is 8.01. The predicted molar refractivity (Wildman–Crippen MR) is 54.9 cm³/mol. The molecule has 1 rings (SSSR count). The molecule has 0 aliphatic carbocycles. The minimum atomic E-state index is -2.93. The summed E-state index contributed by atoms with van der Waals surface area (Å²) in [5.74, 6) is -0.803. The maximum Gasteiger partial charge on any atom is 0.341 e. The van der Waals surface area contributed by atoms with Crippen molar-refractivity contribution in [3.63, 3.8) is 0 Å². The Labute approximate surface area is 101 Å². The lowest BCUT2D eigenvalue weighted by molar-refractivity contribution is 0.0525. The van der Waals surface area contributed by atoms with Crippen molar-refractivity contribution in [2.45, 2.75) is 13.3 Å². The molecule has 0 aliphatic heterocycles. The third-order valence-electron chi connectivity index (χ3n) is 1.83. The molecule has 90 valence electrons. The molecule has 0 saturated carbocycles. The molecule has 0 aromatic carbocycles. The zero-order valence-corrected chi connectivity index (χ0v) is 9.46. The first kappa shape index (κ1) is 13.3. The molecule has 0 aliphatic rings. The number of nitrogens with zero attached hydrogens (tertiary/aromatic N) is 2. The van der Waals surface area contributed by atoms with Crippen LogP contribution in [0.3, 0.4) is 0 Å². The van der Waals surface area contributed by atoms with Gasteiger partial charge in [-0.2, -0.15) is 5.26 Å². The summed E-state index contributed by atoms with van der Waals surface area (Å²) in [6.07, 6.45) is -2.93. The second-order valence-electron chi connectivity index (χ2n) is 2.89. The van der Waals surface area contributed by atoms with E-state index < -0.39 is 28.8 Å². The lowest BCUT2D eigenvalue weighted by atomic mass is 10.1. The van der Waals surface area contributed by atoms with Gasteiger partial charge in [0.2, 0.25) is 0 Å². The van der Waals surface area contributed by atoms with Gasteiger partial charge in [-0.25, -0.2) is 18.6 Å². The molecule has 0 saturated heterocycles. The maximum atomic E-state index is 12.5. The molecular formula is C10H7ClF2N2O2. The molecule has 0 amide bonds. The number of halogens is 3. The Morgan fingerprint density at radius 3 is 2.82 bits per heavy atom. The highest BCUT2D eigenvalue weighted by atomic mass is 35.5. The number of carbonyl (C=O) groups is 1. The minimum absolute atomic E-state index is 0.105. The summed E-state index contributed by atoms with van der Waals surface area (Å²) in [4.78, 5) is 14.7. The summed E-state index contributed by atoms with van der Waals surface area (Å²) < 4.78 is 29.6. The van der Waals surface area contributed by atoms with Crippen LogP contribution in [0.4, 0.5) is 8.78 Å². The summed E-state index contributed by atoms with van der Waals surface area (Å²) in [7, 11) is 0. The van der Waals surface area contributed by atoms with E-state index in [1.54, 1.807) is 6.92 Å². The van der Waals surface area contributed by atoms with Gasteiger partial charge in [-0.05, 0) is 13.0 Å². The van der Waals surface area contributed by atoms with Crippen LogP contribution < -0.4 is 0 Å². The number of carbonyl (C=O) groups excluding carboxylic acids is 1. The first-order valence-electron chi connectivity index (χ1n) is 4.57. The van der Waals surface area contributed by atoms with Crippen molar-refractivity contribution in [2.75, 3.05) is 6.61 Å². The van der Waals surface area contributed by atoms with Crippen LogP contribution in [0.5, 0.6) is 0 Å². The second-order valence-corrected chi connectivity index (χ2v) is 3.25. The van der Waals surface area contributed by atoms with Crippen molar-refractivity contribution in [3.05, 3.63) is 28.0 Å². The Morgan fingerprint density at radius 1 is 1.71 bits per heavy atom. The Morgan fingerprint density at radius 2 is 2.35 bits per heavy atom. The highest BCUT2D eigenvalue weighted by Crippen LogP contribution is 2.25. The average molecular weight is 261 g/mol. The quantitative estimate of drug-likeness (QED) is 0.619. The molecule has 1 aromatic rings. The van der Waals surface area contributed by atoms with Crippen molar-refractivity contribution < 1.29 is 18.3 Å². The van der Waals surface area contributed by atoms with Gasteiger partial charge in [0.25, 0.3) is 6.43 Å². The van der Waals surface area contributed by atoms with E-state index >= 15 is 0 Å². The highest BCUT2D eigenvalue weighted by Gasteiger charge is 2.21. The molecule has 0 spiro atoms. The Bertz CT molecular complexity index is 486. The molecule has 0 N–H and O–H groups in total. The highest BCUT2D eigenvalue weighted by molar-refractivity contribution is 6.32. The zero-order valence-electron chi connectivity index (χ0n) is 8.71. The zero-order chi connectivity index (χ0) is 13.0. The standard InChI is InChI=1S/C10H7ClF2N2O2/c1-2-17-10(16)6-3-5(4-14)7(9(12)13)15-8(6)11/h3,9H,2H2,1H3. The van der Waals surface area contributed by atoms with Crippen molar-refractivity contribution in [1.29, 1.82) is 5.26 Å². The van der Waals surface area contributed by atoms with E-state index in [4.69, 9.17) is 16.9 Å². The predicted octanol–water partition coefficient (Wildman–Crippen LogP) is 2.72. The number of esters is 1. The molecule has 0 unspecified atom stereocenters. The van der Waals surface area contributed by atoms with Crippen LogP contribution in [0.25, 0.3) is 0 Å². The van der Waals surface area contributed by atoms with Crippen LogP contribution in [0.15, 0.2) is 6.07 Å². The Balaban J connectivity index is 3.28. The molecule has 4 nitrogen and oxygen atoms in total. The van der Waals surface area contributed by atoms with E-state index in [9.17, 15) is 13.6 Å². The number of nitriles is 1. The average Bonchev–Trinajstić information content (AvgIpc) is 2.28. The molecule has 7 heteroatoms. The Kier molecular flexibility index (Phi) is 4.35. The molecule has 0 atom stereocenters. The van der Waals surface area contributed by atoms with E-state index in [0.29, 0.717) is 0 Å². The van der Waals surface area contributed by atoms with Gasteiger partial charge in [0.15, 0.2) is 0 Å². The molecule has 0 fully saturated rings. The first-order valence-corrected chi connectivity index (χ1v) is 4.94. The fraction of sp³-hybridized carbons (Fsp3) is 0.300. The topological polar surface area (TPSA) is 63.0 Å². The molecular weight excluding hydrogens is 254 g/mol. The second kappa shape index (κ2) is 5.55. The van der Waals surface area contributed by atoms with Gasteiger partial charge >= 0.3 is 5.97 Å². The lowest BCUT2D eigenvalue weighted by Crippen LogP contribution is -2.09. The SMILES string of the molecule is CCOC(=O)c1cc(C#N)c(C(F)F)nc1Cl. The summed E-state index contributed by atoms with van der Waals surface area (Å²) >= 11 is 5.58. The van der Waals surface area contributed by atoms with Crippen LogP contribution in [-0.4, -0.2) is 17.6 Å². The van der Waals surface area contributed by atoms with Crippen LogP contribution >= 0.6 is 11.6 Å². The van der Waals surface area contributed by atoms with Crippen LogP contribution in [0, 0.1) is 11.3 Å². The smallest absolute Gasteiger partial charge is 0.341 e. The third-order valence-corrected chi connectivity index (χ3v) is 2.12. The summed E-state index contributed by atoms with van der Waals surface area (Å²) in [6.45, 7) is 1.69. The summed E-state index contributed by atoms with van der Waals surface area (Å²) in [5.41, 5.74) is -1.34. The van der Waals surface area contributed by atoms with Gasteiger partial charge in [0.05, 0.1) is 17.7 Å². The van der Waals surface area contributed by atoms with Crippen molar-refractivity contribution in [3.8, 4) is 6.07 Å². The normalized spacial score (nSPS) is 10.1. The fourth-order valence-electron chi connectivity index (χ4n) is 1.11. The van der Waals surface area contributed by atoms with Crippen LogP contribution in [-0.2, 0) is 4.74 Å². The molecule has 1 aromatic heterocycles. The molecule has 1 heterocycles. The van der Waals surface area contributed by atoms with Crippen molar-refractivity contribution in [2.24, 2.45) is 0 Å². The number of pyridine rings is 1. The van der Waals surface area contributed by atoms with E-state index in [0.717, 1.165) is 6.07 Å². The van der Waals surface area contributed by atoms with Crippen molar-refractivity contribution >= 4 is 17.6 Å². The fourth-order valence-corrected chi connectivity index (χ4v) is 1.33. The van der Waals surface area contributed by atoms with Crippen LogP contribution in [0.2, 0.25) is 5.15 Å². The van der Waals surface area contributed by atoms with Crippen molar-refractivity contribution in [1.82, 2.24) is 4.98 Å². The number of aromatic nitrogens is 1. The number of hydrogen-bond donors (Lipinski definition) is 0. The maximum absolute atomic E-state index is 12.5. The third kappa shape index (κ3) is 2.88. The number of hydrogen-bond acceptors (Lipinski definition) is 4. The summed E-state index contributed by atoms with van der Waals surface area (Å²) in [5, 5.41) is 8.27. The minimum Gasteiger partial charge on any atom is -0.462 e. The van der Waals surface area contributed by atoms with E-state index in [2.05, 4.69) is 9.72 Å². The largest absolute Gasteiger partial charge is 0.462 e. The number of alkyl halides is 2. The van der Waals surface area contributed by atoms with Crippen LogP contribution in [0.1, 0.15) is 35.0 Å². The number of ether oxygens (including phenoxy) is 1. The molecule has 0 bridgehead atoms. The van der Waals surface area contributed by atoms with Gasteiger partial charge in [0, 0.05) is 0 Å². The molecule has 0 radical (unpaired) electrons.